The largest absolute Gasteiger partial charge is 0.497 e. The number of ether oxygens (including phenoxy) is 2. The van der Waals surface area contributed by atoms with Gasteiger partial charge in [0.2, 0.25) is 0 Å². The lowest BCUT2D eigenvalue weighted by Gasteiger charge is -2.26. The third kappa shape index (κ3) is 2.77. The van der Waals surface area contributed by atoms with Crippen LogP contribution in [-0.2, 0) is 17.7 Å². The van der Waals surface area contributed by atoms with Gasteiger partial charge in [-0.1, -0.05) is 0 Å². The molecule has 0 aliphatic carbocycles. The first kappa shape index (κ1) is 15.1. The van der Waals surface area contributed by atoms with E-state index in [0.29, 0.717) is 36.5 Å². The van der Waals surface area contributed by atoms with Gasteiger partial charge < -0.3 is 14.4 Å². The van der Waals surface area contributed by atoms with Crippen molar-refractivity contribution in [2.75, 3.05) is 20.8 Å². The number of carbonyl (C=O) groups is 2. The van der Waals surface area contributed by atoms with Crippen molar-refractivity contribution in [3.63, 3.8) is 0 Å². The van der Waals surface area contributed by atoms with Gasteiger partial charge in [0.15, 0.2) is 5.69 Å². The van der Waals surface area contributed by atoms with E-state index in [1.807, 2.05) is 0 Å². The third-order valence-electron chi connectivity index (χ3n) is 3.94. The number of carbonyl (C=O) groups excluding carboxylic acids is 2. The number of hydrogen-bond donors (Lipinski definition) is 1. The van der Waals surface area contributed by atoms with Crippen LogP contribution in [0.5, 0.6) is 5.75 Å². The molecule has 1 aromatic carbocycles. The smallest absolute Gasteiger partial charge is 0.358 e. The minimum atomic E-state index is -0.461. The molecule has 0 spiro atoms. The molecule has 7 heteroatoms. The maximum Gasteiger partial charge on any atom is 0.358 e. The molecule has 1 aliphatic rings. The van der Waals surface area contributed by atoms with Gasteiger partial charge in [0.25, 0.3) is 5.91 Å². The van der Waals surface area contributed by atoms with Crippen LogP contribution in [0.25, 0.3) is 0 Å². The first-order valence-electron chi connectivity index (χ1n) is 7.21. The van der Waals surface area contributed by atoms with Crippen molar-refractivity contribution in [1.29, 1.82) is 0 Å². The maximum absolute atomic E-state index is 12.6. The maximum atomic E-state index is 12.6. The van der Waals surface area contributed by atoms with E-state index >= 15 is 0 Å². The van der Waals surface area contributed by atoms with Gasteiger partial charge in [0.1, 0.15) is 5.75 Å². The molecule has 23 heavy (non-hydrogen) atoms. The van der Waals surface area contributed by atoms with Crippen molar-refractivity contribution in [2.45, 2.75) is 13.0 Å². The Morgan fingerprint density at radius 1 is 1.22 bits per heavy atom. The number of amides is 1. The van der Waals surface area contributed by atoms with Crippen LogP contribution < -0.4 is 4.74 Å². The topological polar surface area (TPSA) is 84.5 Å². The highest BCUT2D eigenvalue weighted by Gasteiger charge is 2.28. The highest BCUT2D eigenvalue weighted by atomic mass is 16.5. The highest BCUT2D eigenvalue weighted by molar-refractivity contribution is 5.94. The monoisotopic (exact) mass is 315 g/mol. The van der Waals surface area contributed by atoms with E-state index in [1.54, 1.807) is 36.3 Å². The molecule has 0 radical (unpaired) electrons. The second kappa shape index (κ2) is 6.12. The second-order valence-electron chi connectivity index (χ2n) is 5.23. The van der Waals surface area contributed by atoms with Crippen LogP contribution in [-0.4, -0.2) is 47.7 Å². The van der Waals surface area contributed by atoms with Crippen LogP contribution in [0.4, 0.5) is 0 Å². The lowest BCUT2D eigenvalue weighted by Crippen LogP contribution is -2.36. The molecular weight excluding hydrogens is 298 g/mol. The molecule has 1 amide bonds. The van der Waals surface area contributed by atoms with Gasteiger partial charge in [-0.15, -0.1) is 0 Å². The number of aromatic nitrogens is 2. The van der Waals surface area contributed by atoms with Crippen LogP contribution in [0, 0.1) is 0 Å². The van der Waals surface area contributed by atoms with Crippen molar-refractivity contribution in [2.24, 2.45) is 0 Å². The summed E-state index contributed by atoms with van der Waals surface area (Å²) < 4.78 is 9.81. The Bertz CT molecular complexity index is 736. The fraction of sp³-hybridized carbons (Fsp3) is 0.312. The molecular formula is C16H17N3O4. The zero-order valence-corrected chi connectivity index (χ0v) is 13.0. The Morgan fingerprint density at radius 3 is 2.61 bits per heavy atom. The zero-order chi connectivity index (χ0) is 16.4. The van der Waals surface area contributed by atoms with Crippen LogP contribution in [0.1, 0.15) is 32.1 Å². The van der Waals surface area contributed by atoms with E-state index in [0.717, 1.165) is 11.3 Å². The van der Waals surface area contributed by atoms with E-state index in [2.05, 4.69) is 10.2 Å². The number of aromatic amines is 1. The molecule has 0 fully saturated rings. The number of esters is 1. The SMILES string of the molecule is COC(=O)c1n[nH]c2c1CCN(C(=O)c1ccc(OC)cc1)C2. The number of methoxy groups -OCH3 is 2. The Hall–Kier alpha value is -2.83. The molecule has 7 nitrogen and oxygen atoms in total. The summed E-state index contributed by atoms with van der Waals surface area (Å²) in [7, 11) is 2.91. The molecule has 0 bridgehead atoms. The second-order valence-corrected chi connectivity index (χ2v) is 5.23. The Balaban J connectivity index is 1.77. The van der Waals surface area contributed by atoms with Gasteiger partial charge in [0.05, 0.1) is 26.5 Å². The quantitative estimate of drug-likeness (QED) is 0.866. The minimum absolute atomic E-state index is 0.0625. The fourth-order valence-corrected chi connectivity index (χ4v) is 2.67. The lowest BCUT2D eigenvalue weighted by atomic mass is 10.0. The normalized spacial score (nSPS) is 13.4. The number of H-pyrrole nitrogens is 1. The standard InChI is InChI=1S/C16H17N3O4/c1-22-11-5-3-10(4-6-11)15(20)19-8-7-12-13(9-19)17-18-14(12)16(21)23-2/h3-6H,7-9H2,1-2H3,(H,17,18). The van der Waals surface area contributed by atoms with E-state index in [9.17, 15) is 9.59 Å². The summed E-state index contributed by atoms with van der Waals surface area (Å²) in [5.41, 5.74) is 2.51. The van der Waals surface area contributed by atoms with Crippen molar-refractivity contribution in [3.8, 4) is 5.75 Å². The fourth-order valence-electron chi connectivity index (χ4n) is 2.67. The number of benzene rings is 1. The molecule has 1 N–H and O–H groups in total. The van der Waals surface area contributed by atoms with Crippen LogP contribution in [0.2, 0.25) is 0 Å². The molecule has 2 aromatic rings. The minimum Gasteiger partial charge on any atom is -0.497 e. The first-order chi connectivity index (χ1) is 11.1. The molecule has 3 rings (SSSR count). The molecule has 2 heterocycles. The third-order valence-corrected chi connectivity index (χ3v) is 3.94. The summed E-state index contributed by atoms with van der Waals surface area (Å²) in [5.74, 6) is 0.184. The number of nitrogens with zero attached hydrogens (tertiary/aromatic N) is 2. The van der Waals surface area contributed by atoms with Gasteiger partial charge in [-0.05, 0) is 30.7 Å². The van der Waals surface area contributed by atoms with Crippen LogP contribution in [0.15, 0.2) is 24.3 Å². The number of fused-ring (bicyclic) bond motifs is 1. The van der Waals surface area contributed by atoms with Gasteiger partial charge in [-0.25, -0.2) is 4.79 Å². The van der Waals surface area contributed by atoms with E-state index in [1.165, 1.54) is 7.11 Å². The van der Waals surface area contributed by atoms with Crippen LogP contribution in [0.3, 0.4) is 0 Å². The summed E-state index contributed by atoms with van der Waals surface area (Å²) in [6.07, 6.45) is 0.568. The summed E-state index contributed by atoms with van der Waals surface area (Å²) in [5, 5.41) is 6.84. The number of rotatable bonds is 3. The van der Waals surface area contributed by atoms with E-state index < -0.39 is 5.97 Å². The van der Waals surface area contributed by atoms with Gasteiger partial charge in [-0.3, -0.25) is 9.89 Å². The first-order valence-corrected chi connectivity index (χ1v) is 7.21. The Labute approximate surface area is 133 Å². The molecule has 0 saturated heterocycles. The molecule has 0 saturated carbocycles. The summed E-state index contributed by atoms with van der Waals surface area (Å²) in [4.78, 5) is 25.9. The highest BCUT2D eigenvalue weighted by Crippen LogP contribution is 2.22. The number of nitrogens with one attached hydrogen (secondary N) is 1. The van der Waals surface area contributed by atoms with Crippen LogP contribution >= 0.6 is 0 Å². The van der Waals surface area contributed by atoms with Gasteiger partial charge in [-0.2, -0.15) is 5.10 Å². The predicted molar refractivity (Wildman–Crippen MR) is 81.4 cm³/mol. The van der Waals surface area contributed by atoms with Crippen molar-refractivity contribution in [3.05, 3.63) is 46.8 Å². The Morgan fingerprint density at radius 2 is 1.96 bits per heavy atom. The van der Waals surface area contributed by atoms with Crippen molar-refractivity contribution < 1.29 is 19.1 Å². The summed E-state index contributed by atoms with van der Waals surface area (Å²) in [6, 6.07) is 7.00. The van der Waals surface area contributed by atoms with E-state index in [4.69, 9.17) is 9.47 Å². The molecule has 120 valence electrons. The van der Waals surface area contributed by atoms with E-state index in [-0.39, 0.29) is 5.91 Å². The molecule has 0 atom stereocenters. The molecule has 1 aromatic heterocycles. The summed E-state index contributed by atoms with van der Waals surface area (Å²) >= 11 is 0. The Kier molecular flexibility index (Phi) is 4.01. The zero-order valence-electron chi connectivity index (χ0n) is 13.0. The molecule has 0 unspecified atom stereocenters. The molecule has 1 aliphatic heterocycles. The van der Waals surface area contributed by atoms with Crippen molar-refractivity contribution >= 4 is 11.9 Å². The van der Waals surface area contributed by atoms with Gasteiger partial charge >= 0.3 is 5.97 Å². The van der Waals surface area contributed by atoms with Gasteiger partial charge in [0, 0.05) is 17.7 Å². The average Bonchev–Trinajstić information content (AvgIpc) is 3.03. The van der Waals surface area contributed by atoms with Crippen molar-refractivity contribution in [1.82, 2.24) is 15.1 Å². The predicted octanol–water partition coefficient (Wildman–Crippen LogP) is 1.40. The average molecular weight is 315 g/mol. The number of hydrogen-bond acceptors (Lipinski definition) is 5. The lowest BCUT2D eigenvalue weighted by molar-refractivity contribution is 0.0592. The summed E-state index contributed by atoms with van der Waals surface area (Å²) in [6.45, 7) is 0.922.